The summed E-state index contributed by atoms with van der Waals surface area (Å²) < 4.78 is 5.57. The molecule has 2 aromatic rings. The Labute approximate surface area is 136 Å². The van der Waals surface area contributed by atoms with Gasteiger partial charge in [0.1, 0.15) is 5.76 Å². The second-order valence-corrected chi connectivity index (χ2v) is 6.01. The Morgan fingerprint density at radius 1 is 1.38 bits per heavy atom. The van der Waals surface area contributed by atoms with E-state index in [0.29, 0.717) is 26.6 Å². The Balaban J connectivity index is 2.35. The fraction of sp³-hybridized carbons (Fsp3) is 0.214. The zero-order valence-electron chi connectivity index (χ0n) is 11.3. The van der Waals surface area contributed by atoms with Gasteiger partial charge in [0.15, 0.2) is 11.1 Å². The van der Waals surface area contributed by atoms with Crippen molar-refractivity contribution in [3.63, 3.8) is 0 Å². The zero-order chi connectivity index (χ0) is 15.6. The topological polar surface area (TPSA) is 62.5 Å². The Morgan fingerprint density at radius 3 is 2.62 bits per heavy atom. The van der Waals surface area contributed by atoms with Crippen LogP contribution in [0.2, 0.25) is 10.0 Å². The maximum absolute atomic E-state index is 11.5. The number of halogens is 2. The van der Waals surface area contributed by atoms with Crippen molar-refractivity contribution in [3.8, 4) is 0 Å². The summed E-state index contributed by atoms with van der Waals surface area (Å²) in [6, 6.07) is 5.60. The molecule has 0 aliphatic rings. The van der Waals surface area contributed by atoms with Gasteiger partial charge in [0.05, 0.1) is 10.7 Å². The molecular formula is C14H13Cl2NO3S. The van der Waals surface area contributed by atoms with Gasteiger partial charge < -0.3 is 14.8 Å². The lowest BCUT2D eigenvalue weighted by molar-refractivity contribution is -0.138. The van der Waals surface area contributed by atoms with Crippen molar-refractivity contribution in [1.82, 2.24) is 0 Å². The highest BCUT2D eigenvalue weighted by Crippen LogP contribution is 2.32. The number of aliphatic carboxylic acids is 1. The van der Waals surface area contributed by atoms with Crippen molar-refractivity contribution in [2.45, 2.75) is 18.1 Å². The van der Waals surface area contributed by atoms with Gasteiger partial charge in [0.25, 0.3) is 0 Å². The number of hydrogen-bond acceptors (Lipinski definition) is 4. The molecule has 0 fully saturated rings. The summed E-state index contributed by atoms with van der Waals surface area (Å²) in [5, 5.41) is 13.8. The molecule has 0 saturated heterocycles. The third kappa shape index (κ3) is 3.67. The second kappa shape index (κ2) is 6.64. The molecule has 0 saturated carbocycles. The first-order valence-electron chi connectivity index (χ1n) is 6.01. The summed E-state index contributed by atoms with van der Waals surface area (Å²) in [6.07, 6.45) is 1.86. The number of carboxylic acid groups (broad SMARTS) is 1. The third-order valence-corrected chi connectivity index (χ3v) is 4.03. The molecule has 1 aromatic carbocycles. The number of hydrogen-bond donors (Lipinski definition) is 2. The molecule has 21 heavy (non-hydrogen) atoms. The molecule has 0 spiro atoms. The van der Waals surface area contributed by atoms with Gasteiger partial charge in [0.2, 0.25) is 0 Å². The second-order valence-electron chi connectivity index (χ2n) is 4.36. The normalized spacial score (nSPS) is 12.2. The van der Waals surface area contributed by atoms with E-state index in [1.54, 1.807) is 31.2 Å². The molecule has 1 unspecified atom stereocenters. The van der Waals surface area contributed by atoms with Gasteiger partial charge >= 0.3 is 5.97 Å². The fourth-order valence-electron chi connectivity index (χ4n) is 1.85. The van der Waals surface area contributed by atoms with Gasteiger partial charge in [-0.25, -0.2) is 4.79 Å². The standard InChI is InChI=1S/C14H13Cl2NO3S/c1-7-5-11(21-2)20-13(7)12(14(18)19)17-10-4-3-8(15)6-9(10)16/h3-6,12,17H,1-2H3,(H,18,19). The number of nitrogens with one attached hydrogen (secondary N) is 1. The predicted molar refractivity (Wildman–Crippen MR) is 85.7 cm³/mol. The SMILES string of the molecule is CSc1cc(C)c(C(Nc2ccc(Cl)cc2Cl)C(=O)O)o1. The molecule has 4 nitrogen and oxygen atoms in total. The van der Waals surface area contributed by atoms with Gasteiger partial charge in [-0.3, -0.25) is 0 Å². The zero-order valence-corrected chi connectivity index (χ0v) is 13.6. The lowest BCUT2D eigenvalue weighted by Crippen LogP contribution is -2.20. The van der Waals surface area contributed by atoms with E-state index < -0.39 is 12.0 Å². The molecular weight excluding hydrogens is 333 g/mol. The average molecular weight is 346 g/mol. The summed E-state index contributed by atoms with van der Waals surface area (Å²) in [6.45, 7) is 1.81. The minimum Gasteiger partial charge on any atom is -0.479 e. The van der Waals surface area contributed by atoms with E-state index in [4.69, 9.17) is 27.6 Å². The van der Waals surface area contributed by atoms with E-state index in [0.717, 1.165) is 5.56 Å². The van der Waals surface area contributed by atoms with Crippen LogP contribution < -0.4 is 5.32 Å². The highest BCUT2D eigenvalue weighted by atomic mass is 35.5. The number of anilines is 1. The van der Waals surface area contributed by atoms with E-state index >= 15 is 0 Å². The molecule has 1 heterocycles. The molecule has 112 valence electrons. The van der Waals surface area contributed by atoms with Crippen molar-refractivity contribution in [3.05, 3.63) is 45.6 Å². The quantitative estimate of drug-likeness (QED) is 0.758. The maximum atomic E-state index is 11.5. The fourth-order valence-corrected chi connectivity index (χ4v) is 2.79. The van der Waals surface area contributed by atoms with E-state index in [1.165, 1.54) is 11.8 Å². The Bertz CT molecular complexity index is 672. The molecule has 0 aliphatic carbocycles. The summed E-state index contributed by atoms with van der Waals surface area (Å²) in [7, 11) is 0. The number of rotatable bonds is 5. The highest BCUT2D eigenvalue weighted by molar-refractivity contribution is 7.98. The average Bonchev–Trinajstić information content (AvgIpc) is 2.78. The Morgan fingerprint density at radius 2 is 2.10 bits per heavy atom. The van der Waals surface area contributed by atoms with Crippen LogP contribution in [0.1, 0.15) is 17.4 Å². The first-order chi connectivity index (χ1) is 9.92. The van der Waals surface area contributed by atoms with Gasteiger partial charge in [0, 0.05) is 5.02 Å². The number of thioether (sulfide) groups is 1. The number of carbonyl (C=O) groups is 1. The van der Waals surface area contributed by atoms with Crippen LogP contribution in [0.25, 0.3) is 0 Å². The van der Waals surface area contributed by atoms with Crippen LogP contribution in [-0.2, 0) is 4.79 Å². The van der Waals surface area contributed by atoms with Crippen LogP contribution in [0.3, 0.4) is 0 Å². The minimum absolute atomic E-state index is 0.350. The summed E-state index contributed by atoms with van der Waals surface area (Å²) >= 11 is 13.3. The van der Waals surface area contributed by atoms with E-state index in [2.05, 4.69) is 5.32 Å². The molecule has 2 N–H and O–H groups in total. The molecule has 2 rings (SSSR count). The van der Waals surface area contributed by atoms with Crippen LogP contribution in [0.15, 0.2) is 33.8 Å². The number of carboxylic acids is 1. The van der Waals surface area contributed by atoms with E-state index in [9.17, 15) is 9.90 Å². The predicted octanol–water partition coefficient (Wildman–Crippen LogP) is 4.85. The minimum atomic E-state index is -1.05. The first-order valence-corrected chi connectivity index (χ1v) is 7.99. The van der Waals surface area contributed by atoms with Crippen LogP contribution in [0.4, 0.5) is 5.69 Å². The van der Waals surface area contributed by atoms with Crippen LogP contribution in [-0.4, -0.2) is 17.3 Å². The molecule has 1 atom stereocenters. The van der Waals surface area contributed by atoms with E-state index in [1.807, 2.05) is 6.26 Å². The van der Waals surface area contributed by atoms with Crippen molar-refractivity contribution in [2.24, 2.45) is 0 Å². The maximum Gasteiger partial charge on any atom is 0.334 e. The molecule has 1 aromatic heterocycles. The molecule has 0 amide bonds. The monoisotopic (exact) mass is 345 g/mol. The number of benzene rings is 1. The van der Waals surface area contributed by atoms with Gasteiger partial charge in [-0.15, -0.1) is 0 Å². The van der Waals surface area contributed by atoms with Gasteiger partial charge in [-0.05, 0) is 43.0 Å². The molecule has 7 heteroatoms. The van der Waals surface area contributed by atoms with E-state index in [-0.39, 0.29) is 0 Å². The summed E-state index contributed by atoms with van der Waals surface area (Å²) in [5.74, 6) is -0.691. The largest absolute Gasteiger partial charge is 0.479 e. The van der Waals surface area contributed by atoms with Crippen molar-refractivity contribution < 1.29 is 14.3 Å². The summed E-state index contributed by atoms with van der Waals surface area (Å²) in [4.78, 5) is 11.5. The lowest BCUT2D eigenvalue weighted by Gasteiger charge is -2.15. The van der Waals surface area contributed by atoms with Crippen LogP contribution in [0.5, 0.6) is 0 Å². The van der Waals surface area contributed by atoms with Crippen molar-refractivity contribution >= 4 is 46.6 Å². The molecule has 0 aliphatic heterocycles. The number of aryl methyl sites for hydroxylation is 1. The lowest BCUT2D eigenvalue weighted by atomic mass is 10.1. The van der Waals surface area contributed by atoms with Gasteiger partial charge in [-0.2, -0.15) is 0 Å². The van der Waals surface area contributed by atoms with Crippen molar-refractivity contribution in [2.75, 3.05) is 11.6 Å². The van der Waals surface area contributed by atoms with Crippen LogP contribution in [0, 0.1) is 6.92 Å². The van der Waals surface area contributed by atoms with Crippen LogP contribution >= 0.6 is 35.0 Å². The molecule has 0 bridgehead atoms. The Hall–Kier alpha value is -1.30. The highest BCUT2D eigenvalue weighted by Gasteiger charge is 2.26. The Kier molecular flexibility index (Phi) is 5.08. The third-order valence-electron chi connectivity index (χ3n) is 2.87. The summed E-state index contributed by atoms with van der Waals surface area (Å²) in [5.41, 5.74) is 1.25. The molecule has 0 radical (unpaired) electrons. The number of furan rings is 1. The van der Waals surface area contributed by atoms with Gasteiger partial charge in [-0.1, -0.05) is 35.0 Å². The van der Waals surface area contributed by atoms with Crippen molar-refractivity contribution in [1.29, 1.82) is 0 Å². The first kappa shape index (κ1) is 16.1. The smallest absolute Gasteiger partial charge is 0.334 e.